The van der Waals surface area contributed by atoms with Crippen LogP contribution in [0.4, 0.5) is 0 Å². The first-order chi connectivity index (χ1) is 10.7. The Labute approximate surface area is 133 Å². The normalized spacial score (nSPS) is 24.4. The van der Waals surface area contributed by atoms with Gasteiger partial charge in [-0.15, -0.1) is 0 Å². The van der Waals surface area contributed by atoms with Gasteiger partial charge in [0.15, 0.2) is 12.2 Å². The highest BCUT2D eigenvalue weighted by Crippen LogP contribution is 2.30. The summed E-state index contributed by atoms with van der Waals surface area (Å²) in [6, 6.07) is 0. The van der Waals surface area contributed by atoms with Crippen LogP contribution in [0.5, 0.6) is 0 Å². The average Bonchev–Trinajstić information content (AvgIpc) is 2.39. The van der Waals surface area contributed by atoms with E-state index in [1.807, 2.05) is 0 Å². The monoisotopic (exact) mass is 331 g/mol. The molecular formula is C14H19O9. The van der Waals surface area contributed by atoms with E-state index in [2.05, 4.69) is 0 Å². The molecule has 9 nitrogen and oxygen atoms in total. The molecule has 0 N–H and O–H groups in total. The molecule has 0 spiro atoms. The molecule has 1 rings (SSSR count). The molecule has 1 heterocycles. The SMILES string of the molecule is CC(=O)OC[C@H]1OC[C@H](OC(C)=O)[C@@H](OC(C)=O)[C]1OC(C)=O. The summed E-state index contributed by atoms with van der Waals surface area (Å²) < 4.78 is 25.4. The highest BCUT2D eigenvalue weighted by molar-refractivity contribution is 5.69. The summed E-state index contributed by atoms with van der Waals surface area (Å²) in [5.41, 5.74) is 0. The van der Waals surface area contributed by atoms with E-state index in [0.29, 0.717) is 0 Å². The molecule has 0 saturated carbocycles. The van der Waals surface area contributed by atoms with Gasteiger partial charge in [-0.1, -0.05) is 0 Å². The third kappa shape index (κ3) is 6.23. The Bertz CT molecular complexity index is 473. The molecular weight excluding hydrogens is 312 g/mol. The molecule has 1 radical (unpaired) electrons. The maximum absolute atomic E-state index is 11.3. The van der Waals surface area contributed by atoms with Gasteiger partial charge >= 0.3 is 23.9 Å². The van der Waals surface area contributed by atoms with E-state index in [-0.39, 0.29) is 19.3 Å². The molecule has 1 aliphatic rings. The van der Waals surface area contributed by atoms with Crippen molar-refractivity contribution >= 4 is 23.9 Å². The van der Waals surface area contributed by atoms with E-state index < -0.39 is 42.2 Å². The Morgan fingerprint density at radius 2 is 1.57 bits per heavy atom. The molecule has 23 heavy (non-hydrogen) atoms. The van der Waals surface area contributed by atoms with E-state index in [1.165, 1.54) is 13.8 Å². The van der Waals surface area contributed by atoms with Crippen LogP contribution >= 0.6 is 0 Å². The molecule has 1 fully saturated rings. The number of esters is 4. The molecule has 0 aromatic heterocycles. The van der Waals surface area contributed by atoms with Crippen LogP contribution in [-0.2, 0) is 42.9 Å². The summed E-state index contributed by atoms with van der Waals surface area (Å²) in [6.45, 7) is 4.35. The summed E-state index contributed by atoms with van der Waals surface area (Å²) in [5, 5.41) is 0. The van der Waals surface area contributed by atoms with Crippen molar-refractivity contribution in [2.24, 2.45) is 0 Å². The second-order valence-electron chi connectivity index (χ2n) is 4.80. The number of rotatable bonds is 5. The van der Waals surface area contributed by atoms with Gasteiger partial charge in [0.25, 0.3) is 0 Å². The van der Waals surface area contributed by atoms with Crippen molar-refractivity contribution in [3.05, 3.63) is 6.10 Å². The molecule has 0 aliphatic carbocycles. The molecule has 3 atom stereocenters. The highest BCUT2D eigenvalue weighted by atomic mass is 16.7. The summed E-state index contributed by atoms with van der Waals surface area (Å²) in [5.74, 6) is -2.51. The second kappa shape index (κ2) is 8.47. The van der Waals surface area contributed by atoms with Crippen LogP contribution in [0, 0.1) is 6.10 Å². The van der Waals surface area contributed by atoms with E-state index in [1.54, 1.807) is 0 Å². The predicted octanol–water partition coefficient (Wildman–Crippen LogP) is -0.0932. The predicted molar refractivity (Wildman–Crippen MR) is 72.5 cm³/mol. The minimum atomic E-state index is -1.14. The Balaban J connectivity index is 2.98. The van der Waals surface area contributed by atoms with Crippen molar-refractivity contribution in [3.63, 3.8) is 0 Å². The summed E-state index contributed by atoms with van der Waals surface area (Å²) in [4.78, 5) is 44.7. The third-order valence-corrected chi connectivity index (χ3v) is 2.71. The van der Waals surface area contributed by atoms with Gasteiger partial charge < -0.3 is 23.7 Å². The van der Waals surface area contributed by atoms with Crippen molar-refractivity contribution in [3.8, 4) is 0 Å². The van der Waals surface area contributed by atoms with Gasteiger partial charge in [0.2, 0.25) is 6.10 Å². The summed E-state index contributed by atoms with van der Waals surface area (Å²) in [6.07, 6.45) is -3.14. The highest BCUT2D eigenvalue weighted by Gasteiger charge is 2.48. The third-order valence-electron chi connectivity index (χ3n) is 2.71. The number of ether oxygens (including phenoxy) is 5. The van der Waals surface area contributed by atoms with E-state index in [4.69, 9.17) is 23.7 Å². The Morgan fingerprint density at radius 3 is 2.04 bits per heavy atom. The standard InChI is InChI=1S/C14H19O9/c1-7(15)19-5-11-13(22-9(3)17)14(23-10(4)18)12(6-20-11)21-8(2)16/h11-12,14H,5-6H2,1-4H3/t11-,12+,14-/m1/s1. The molecule has 1 aliphatic heterocycles. The fraction of sp³-hybridized carbons (Fsp3) is 0.643. The fourth-order valence-corrected chi connectivity index (χ4v) is 1.98. The van der Waals surface area contributed by atoms with Gasteiger partial charge in [0, 0.05) is 27.7 Å². The Hall–Kier alpha value is -2.16. The van der Waals surface area contributed by atoms with Crippen LogP contribution in [0.15, 0.2) is 0 Å². The minimum absolute atomic E-state index is 0.0912. The Morgan fingerprint density at radius 1 is 0.957 bits per heavy atom. The molecule has 0 unspecified atom stereocenters. The van der Waals surface area contributed by atoms with Crippen molar-refractivity contribution in [2.75, 3.05) is 13.2 Å². The maximum atomic E-state index is 11.3. The summed E-state index contributed by atoms with van der Waals surface area (Å²) in [7, 11) is 0. The second-order valence-corrected chi connectivity index (χ2v) is 4.80. The summed E-state index contributed by atoms with van der Waals surface area (Å²) >= 11 is 0. The van der Waals surface area contributed by atoms with Gasteiger partial charge in [0.05, 0.1) is 6.61 Å². The lowest BCUT2D eigenvalue weighted by molar-refractivity contribution is -0.204. The lowest BCUT2D eigenvalue weighted by Gasteiger charge is -2.39. The van der Waals surface area contributed by atoms with Crippen LogP contribution < -0.4 is 0 Å². The molecule has 9 heteroatoms. The van der Waals surface area contributed by atoms with Crippen molar-refractivity contribution in [1.82, 2.24) is 0 Å². The zero-order valence-corrected chi connectivity index (χ0v) is 13.3. The zero-order valence-electron chi connectivity index (χ0n) is 13.3. The van der Waals surface area contributed by atoms with Crippen LogP contribution in [-0.4, -0.2) is 55.4 Å². The first kappa shape index (κ1) is 18.9. The number of hydrogen-bond acceptors (Lipinski definition) is 9. The zero-order chi connectivity index (χ0) is 17.6. The van der Waals surface area contributed by atoms with E-state index >= 15 is 0 Å². The molecule has 0 aromatic rings. The fourth-order valence-electron chi connectivity index (χ4n) is 1.98. The lowest BCUT2D eigenvalue weighted by Crippen LogP contribution is -2.54. The molecule has 129 valence electrons. The van der Waals surface area contributed by atoms with Crippen LogP contribution in [0.3, 0.4) is 0 Å². The first-order valence-electron chi connectivity index (χ1n) is 6.85. The van der Waals surface area contributed by atoms with Crippen molar-refractivity contribution < 1.29 is 42.9 Å². The van der Waals surface area contributed by atoms with Gasteiger partial charge in [-0.05, 0) is 0 Å². The van der Waals surface area contributed by atoms with Gasteiger partial charge in [-0.2, -0.15) is 0 Å². The van der Waals surface area contributed by atoms with E-state index in [9.17, 15) is 19.2 Å². The number of carbonyl (C=O) groups excluding carboxylic acids is 4. The molecule has 0 aromatic carbocycles. The van der Waals surface area contributed by atoms with Gasteiger partial charge in [-0.25, -0.2) is 0 Å². The van der Waals surface area contributed by atoms with Crippen molar-refractivity contribution in [2.45, 2.75) is 46.0 Å². The number of carbonyl (C=O) groups is 4. The van der Waals surface area contributed by atoms with Gasteiger partial charge in [-0.3, -0.25) is 19.2 Å². The van der Waals surface area contributed by atoms with E-state index in [0.717, 1.165) is 13.8 Å². The molecule has 0 bridgehead atoms. The smallest absolute Gasteiger partial charge is 0.303 e. The van der Waals surface area contributed by atoms with Crippen LogP contribution in [0.2, 0.25) is 0 Å². The quantitative estimate of drug-likeness (QED) is 0.503. The Kier molecular flexibility index (Phi) is 6.95. The molecule has 1 saturated heterocycles. The van der Waals surface area contributed by atoms with Crippen molar-refractivity contribution in [1.29, 1.82) is 0 Å². The average molecular weight is 331 g/mol. The largest absolute Gasteiger partial charge is 0.463 e. The maximum Gasteiger partial charge on any atom is 0.303 e. The van der Waals surface area contributed by atoms with Crippen LogP contribution in [0.1, 0.15) is 27.7 Å². The van der Waals surface area contributed by atoms with Gasteiger partial charge in [0.1, 0.15) is 12.7 Å². The number of hydrogen-bond donors (Lipinski definition) is 0. The topological polar surface area (TPSA) is 114 Å². The first-order valence-corrected chi connectivity index (χ1v) is 6.85. The van der Waals surface area contributed by atoms with Crippen LogP contribution in [0.25, 0.3) is 0 Å². The minimum Gasteiger partial charge on any atom is -0.463 e. The molecule has 0 amide bonds. The lowest BCUT2D eigenvalue weighted by atomic mass is 9.99.